The van der Waals surface area contributed by atoms with E-state index in [2.05, 4.69) is 16.0 Å². The molecule has 0 amide bonds. The topological polar surface area (TPSA) is 84.8 Å². The zero-order chi connectivity index (χ0) is 14.7. The molecule has 0 spiro atoms. The van der Waals surface area contributed by atoms with E-state index in [1.807, 2.05) is 24.3 Å². The number of rotatable bonds is 2. The average molecular weight is 280 g/mol. The fourth-order valence-electron chi connectivity index (χ4n) is 2.65. The Morgan fingerprint density at radius 1 is 1.05 bits per heavy atom. The minimum absolute atomic E-state index is 0.265. The van der Waals surface area contributed by atoms with Crippen LogP contribution in [-0.2, 0) is 10.2 Å². The first-order chi connectivity index (χ1) is 10.2. The highest BCUT2D eigenvalue weighted by Gasteiger charge is 2.34. The van der Waals surface area contributed by atoms with E-state index in [1.165, 1.54) is 0 Å². The van der Waals surface area contributed by atoms with Crippen molar-refractivity contribution < 1.29 is 4.74 Å². The monoisotopic (exact) mass is 280 g/mol. The second kappa shape index (κ2) is 5.51. The Morgan fingerprint density at radius 2 is 1.67 bits per heavy atom. The lowest BCUT2D eigenvalue weighted by Crippen LogP contribution is -2.32. The molecule has 1 aliphatic heterocycles. The molecule has 5 heteroatoms. The quantitative estimate of drug-likeness (QED) is 0.912. The van der Waals surface area contributed by atoms with Gasteiger partial charge in [-0.05, 0) is 24.0 Å². The van der Waals surface area contributed by atoms with Gasteiger partial charge in [-0.15, -0.1) is 0 Å². The molecule has 2 aromatic rings. The Morgan fingerprint density at radius 3 is 2.24 bits per heavy atom. The average Bonchev–Trinajstić information content (AvgIpc) is 2.56. The van der Waals surface area contributed by atoms with E-state index in [1.54, 1.807) is 12.4 Å². The normalized spacial score (nSPS) is 17.1. The third-order valence-corrected chi connectivity index (χ3v) is 4.00. The van der Waals surface area contributed by atoms with E-state index >= 15 is 0 Å². The van der Waals surface area contributed by atoms with Gasteiger partial charge in [-0.3, -0.25) is 0 Å². The Hall–Kier alpha value is -2.45. The van der Waals surface area contributed by atoms with Gasteiger partial charge in [0.1, 0.15) is 0 Å². The van der Waals surface area contributed by atoms with Gasteiger partial charge in [0.25, 0.3) is 0 Å². The number of aromatic nitrogens is 2. The molecule has 1 fully saturated rings. The molecule has 1 aromatic heterocycles. The Bertz CT molecular complexity index is 652. The third-order valence-electron chi connectivity index (χ3n) is 4.00. The van der Waals surface area contributed by atoms with Gasteiger partial charge in [-0.2, -0.15) is 5.26 Å². The number of nitriles is 1. The SMILES string of the molecule is N#CC1(c2ccc(-c3cnc(N)nc3)cc2)CCOCC1. The second-order valence-corrected chi connectivity index (χ2v) is 5.21. The number of nitrogen functional groups attached to an aromatic ring is 1. The fourth-order valence-corrected chi connectivity index (χ4v) is 2.65. The number of anilines is 1. The molecule has 2 N–H and O–H groups in total. The number of hydrogen-bond donors (Lipinski definition) is 1. The van der Waals surface area contributed by atoms with Gasteiger partial charge in [0, 0.05) is 31.2 Å². The van der Waals surface area contributed by atoms with E-state index in [-0.39, 0.29) is 5.95 Å². The Balaban J connectivity index is 1.90. The molecule has 0 bridgehead atoms. The van der Waals surface area contributed by atoms with Gasteiger partial charge in [0.05, 0.1) is 11.5 Å². The van der Waals surface area contributed by atoms with Crippen molar-refractivity contribution in [2.45, 2.75) is 18.3 Å². The molecule has 0 atom stereocenters. The fraction of sp³-hybridized carbons (Fsp3) is 0.312. The lowest BCUT2D eigenvalue weighted by molar-refractivity contribution is 0.0675. The predicted octanol–water partition coefficient (Wildman–Crippen LogP) is 2.30. The van der Waals surface area contributed by atoms with Gasteiger partial charge < -0.3 is 10.5 Å². The molecular formula is C16H16N4O. The second-order valence-electron chi connectivity index (χ2n) is 5.21. The van der Waals surface area contributed by atoms with E-state index in [0.717, 1.165) is 29.5 Å². The summed E-state index contributed by atoms with van der Waals surface area (Å²) in [5, 5.41) is 9.57. The molecule has 1 aliphatic rings. The summed E-state index contributed by atoms with van der Waals surface area (Å²) in [5.74, 6) is 0.265. The first-order valence-corrected chi connectivity index (χ1v) is 6.91. The highest BCUT2D eigenvalue weighted by atomic mass is 16.5. The highest BCUT2D eigenvalue weighted by Crippen LogP contribution is 2.35. The lowest BCUT2D eigenvalue weighted by Gasteiger charge is -2.31. The lowest BCUT2D eigenvalue weighted by atomic mass is 9.75. The summed E-state index contributed by atoms with van der Waals surface area (Å²) in [7, 11) is 0. The van der Waals surface area contributed by atoms with E-state index in [9.17, 15) is 5.26 Å². The van der Waals surface area contributed by atoms with Crippen LogP contribution < -0.4 is 5.73 Å². The maximum atomic E-state index is 9.57. The molecule has 0 unspecified atom stereocenters. The summed E-state index contributed by atoms with van der Waals surface area (Å²) in [6.45, 7) is 1.28. The maximum Gasteiger partial charge on any atom is 0.219 e. The minimum atomic E-state index is -0.422. The Kier molecular flexibility index (Phi) is 3.55. The van der Waals surface area contributed by atoms with Crippen LogP contribution >= 0.6 is 0 Å². The zero-order valence-electron chi connectivity index (χ0n) is 11.6. The molecule has 1 aromatic carbocycles. The summed E-state index contributed by atoms with van der Waals surface area (Å²) in [6, 6.07) is 10.5. The Labute approximate surface area is 123 Å². The number of benzene rings is 1. The molecule has 1 saturated heterocycles. The molecule has 3 rings (SSSR count). The number of nitrogens with two attached hydrogens (primary N) is 1. The molecule has 2 heterocycles. The van der Waals surface area contributed by atoms with Crippen molar-refractivity contribution in [2.24, 2.45) is 0 Å². The number of ether oxygens (including phenoxy) is 1. The van der Waals surface area contributed by atoms with Gasteiger partial charge in [0.15, 0.2) is 0 Å². The smallest absolute Gasteiger partial charge is 0.219 e. The number of nitrogens with zero attached hydrogens (tertiary/aromatic N) is 3. The van der Waals surface area contributed by atoms with Crippen molar-refractivity contribution in [2.75, 3.05) is 18.9 Å². The van der Waals surface area contributed by atoms with Crippen LogP contribution in [0.2, 0.25) is 0 Å². The van der Waals surface area contributed by atoms with Crippen LogP contribution in [0.5, 0.6) is 0 Å². The first kappa shape index (κ1) is 13.5. The van der Waals surface area contributed by atoms with Crippen LogP contribution in [0.4, 0.5) is 5.95 Å². The molecule has 106 valence electrons. The zero-order valence-corrected chi connectivity index (χ0v) is 11.6. The van der Waals surface area contributed by atoms with Crippen molar-refractivity contribution in [1.82, 2.24) is 9.97 Å². The molecule has 0 saturated carbocycles. The van der Waals surface area contributed by atoms with E-state index in [0.29, 0.717) is 13.2 Å². The highest BCUT2D eigenvalue weighted by molar-refractivity contribution is 5.62. The van der Waals surface area contributed by atoms with E-state index < -0.39 is 5.41 Å². The van der Waals surface area contributed by atoms with Gasteiger partial charge in [-0.25, -0.2) is 9.97 Å². The largest absolute Gasteiger partial charge is 0.381 e. The van der Waals surface area contributed by atoms with Crippen molar-refractivity contribution in [3.05, 3.63) is 42.2 Å². The summed E-state index contributed by atoms with van der Waals surface area (Å²) in [6.07, 6.45) is 4.89. The van der Waals surface area contributed by atoms with Gasteiger partial charge >= 0.3 is 0 Å². The third kappa shape index (κ3) is 2.58. The molecular weight excluding hydrogens is 264 g/mol. The predicted molar refractivity (Wildman–Crippen MR) is 79.2 cm³/mol. The van der Waals surface area contributed by atoms with Crippen LogP contribution in [0.1, 0.15) is 18.4 Å². The molecule has 21 heavy (non-hydrogen) atoms. The summed E-state index contributed by atoms with van der Waals surface area (Å²) >= 11 is 0. The van der Waals surface area contributed by atoms with Crippen molar-refractivity contribution >= 4 is 5.95 Å². The molecule has 0 radical (unpaired) electrons. The van der Waals surface area contributed by atoms with Gasteiger partial charge in [-0.1, -0.05) is 24.3 Å². The van der Waals surface area contributed by atoms with Crippen LogP contribution in [0, 0.1) is 11.3 Å². The van der Waals surface area contributed by atoms with Crippen molar-refractivity contribution in [1.29, 1.82) is 5.26 Å². The maximum absolute atomic E-state index is 9.57. The van der Waals surface area contributed by atoms with Gasteiger partial charge in [0.2, 0.25) is 5.95 Å². The summed E-state index contributed by atoms with van der Waals surface area (Å²) in [4.78, 5) is 7.99. The van der Waals surface area contributed by atoms with Crippen LogP contribution in [-0.4, -0.2) is 23.2 Å². The summed E-state index contributed by atoms with van der Waals surface area (Å²) < 4.78 is 5.37. The van der Waals surface area contributed by atoms with Crippen LogP contribution in [0.25, 0.3) is 11.1 Å². The minimum Gasteiger partial charge on any atom is -0.381 e. The number of hydrogen-bond acceptors (Lipinski definition) is 5. The molecule has 5 nitrogen and oxygen atoms in total. The van der Waals surface area contributed by atoms with Crippen LogP contribution in [0.15, 0.2) is 36.7 Å². The van der Waals surface area contributed by atoms with Crippen molar-refractivity contribution in [3.63, 3.8) is 0 Å². The van der Waals surface area contributed by atoms with Crippen molar-refractivity contribution in [3.8, 4) is 17.2 Å². The summed E-state index contributed by atoms with van der Waals surface area (Å²) in [5.41, 5.74) is 8.04. The molecule has 0 aliphatic carbocycles. The van der Waals surface area contributed by atoms with E-state index in [4.69, 9.17) is 10.5 Å². The first-order valence-electron chi connectivity index (χ1n) is 6.91. The standard InChI is InChI=1S/C16H16N4O/c17-11-16(5-7-21-8-6-16)14-3-1-12(2-4-14)13-9-19-15(18)20-10-13/h1-4,9-10H,5-8H2,(H2,18,19,20). The van der Waals surface area contributed by atoms with Crippen LogP contribution in [0.3, 0.4) is 0 Å².